The SMILES string of the molecule is Cc1cccc2sc(NC(=O)CN3C(=O)CSc4ccccc43)nc12. The number of rotatable bonds is 3. The fourth-order valence-electron chi connectivity index (χ4n) is 2.77. The second-order valence-electron chi connectivity index (χ2n) is 5.73. The Bertz CT molecular complexity index is 983. The van der Waals surface area contributed by atoms with Gasteiger partial charge in [-0.25, -0.2) is 4.98 Å². The van der Waals surface area contributed by atoms with Gasteiger partial charge in [-0.05, 0) is 30.7 Å². The minimum absolute atomic E-state index is 0.00862. The number of aryl methyl sites for hydroxylation is 1. The maximum Gasteiger partial charge on any atom is 0.246 e. The lowest BCUT2D eigenvalue weighted by atomic mass is 10.2. The molecule has 1 aliphatic rings. The van der Waals surface area contributed by atoms with Crippen LogP contribution in [0.15, 0.2) is 47.4 Å². The number of nitrogens with zero attached hydrogens (tertiary/aromatic N) is 2. The minimum atomic E-state index is -0.244. The van der Waals surface area contributed by atoms with Gasteiger partial charge >= 0.3 is 0 Å². The average molecular weight is 369 g/mol. The first kappa shape index (κ1) is 16.1. The van der Waals surface area contributed by atoms with Gasteiger partial charge in [0, 0.05) is 4.90 Å². The summed E-state index contributed by atoms with van der Waals surface area (Å²) in [6.45, 7) is 1.99. The molecule has 1 N–H and O–H groups in total. The van der Waals surface area contributed by atoms with Crippen molar-refractivity contribution in [3.63, 3.8) is 0 Å². The summed E-state index contributed by atoms with van der Waals surface area (Å²) in [4.78, 5) is 31.7. The molecule has 3 aromatic rings. The van der Waals surface area contributed by atoms with Crippen LogP contribution in [0.4, 0.5) is 10.8 Å². The highest BCUT2D eigenvalue weighted by atomic mass is 32.2. The molecule has 0 saturated heterocycles. The van der Waals surface area contributed by atoms with Crippen molar-refractivity contribution in [2.45, 2.75) is 11.8 Å². The second-order valence-corrected chi connectivity index (χ2v) is 7.77. The smallest absolute Gasteiger partial charge is 0.246 e. The number of hydrogen-bond acceptors (Lipinski definition) is 5. The fraction of sp³-hybridized carbons (Fsp3) is 0.167. The maximum absolute atomic E-state index is 12.5. The van der Waals surface area contributed by atoms with Gasteiger partial charge in [-0.2, -0.15) is 0 Å². The zero-order valence-electron chi connectivity index (χ0n) is 13.5. The zero-order valence-corrected chi connectivity index (χ0v) is 15.1. The molecule has 0 spiro atoms. The standard InChI is InChI=1S/C18H15N3O2S2/c1-11-5-4-8-14-17(11)20-18(25-14)19-15(22)9-21-12-6-2-3-7-13(12)24-10-16(21)23/h2-8H,9-10H2,1H3,(H,19,20,22). The summed E-state index contributed by atoms with van der Waals surface area (Å²) in [7, 11) is 0. The predicted molar refractivity (Wildman–Crippen MR) is 103 cm³/mol. The van der Waals surface area contributed by atoms with Crippen molar-refractivity contribution in [2.24, 2.45) is 0 Å². The van der Waals surface area contributed by atoms with Gasteiger partial charge in [-0.15, -0.1) is 11.8 Å². The summed E-state index contributed by atoms with van der Waals surface area (Å²) in [6.07, 6.45) is 0. The first-order valence-electron chi connectivity index (χ1n) is 7.80. The highest BCUT2D eigenvalue weighted by Gasteiger charge is 2.26. The van der Waals surface area contributed by atoms with Crippen LogP contribution in [-0.4, -0.2) is 29.1 Å². The van der Waals surface area contributed by atoms with Crippen LogP contribution in [0.5, 0.6) is 0 Å². The van der Waals surface area contributed by atoms with E-state index in [1.54, 1.807) is 4.90 Å². The molecular formula is C18H15N3O2S2. The number of fused-ring (bicyclic) bond motifs is 2. The maximum atomic E-state index is 12.5. The molecule has 5 nitrogen and oxygen atoms in total. The van der Waals surface area contributed by atoms with Crippen LogP contribution in [0.2, 0.25) is 0 Å². The molecule has 0 radical (unpaired) electrons. The Morgan fingerprint density at radius 2 is 2.08 bits per heavy atom. The molecule has 1 aliphatic heterocycles. The average Bonchev–Trinajstić information content (AvgIpc) is 3.01. The zero-order chi connectivity index (χ0) is 17.4. The number of nitrogens with one attached hydrogen (secondary N) is 1. The van der Waals surface area contributed by atoms with Gasteiger partial charge in [0.1, 0.15) is 6.54 Å². The lowest BCUT2D eigenvalue weighted by molar-refractivity contribution is -0.120. The third kappa shape index (κ3) is 3.12. The molecule has 126 valence electrons. The largest absolute Gasteiger partial charge is 0.301 e. The molecule has 0 atom stereocenters. The second kappa shape index (κ2) is 6.50. The normalized spacial score (nSPS) is 13.8. The Kier molecular flexibility index (Phi) is 4.19. The number of anilines is 2. The van der Waals surface area contributed by atoms with Crippen molar-refractivity contribution < 1.29 is 9.59 Å². The van der Waals surface area contributed by atoms with Gasteiger partial charge in [0.25, 0.3) is 0 Å². The Morgan fingerprint density at radius 1 is 1.24 bits per heavy atom. The van der Waals surface area contributed by atoms with E-state index in [9.17, 15) is 9.59 Å². The van der Waals surface area contributed by atoms with Crippen LogP contribution < -0.4 is 10.2 Å². The third-order valence-corrected chi connectivity index (χ3v) is 5.96. The Labute approximate surface area is 153 Å². The Hall–Kier alpha value is -2.38. The first-order chi connectivity index (χ1) is 12.1. The monoisotopic (exact) mass is 369 g/mol. The molecule has 2 amide bonds. The van der Waals surface area contributed by atoms with E-state index in [1.807, 2.05) is 49.4 Å². The van der Waals surface area contributed by atoms with Crippen LogP contribution in [0.25, 0.3) is 10.2 Å². The number of thioether (sulfide) groups is 1. The molecule has 0 aliphatic carbocycles. The fourth-order valence-corrected chi connectivity index (χ4v) is 4.67. The quantitative estimate of drug-likeness (QED) is 0.765. The highest BCUT2D eigenvalue weighted by Crippen LogP contribution is 2.35. The number of carbonyl (C=O) groups is 2. The lowest BCUT2D eigenvalue weighted by Crippen LogP contribution is -2.41. The summed E-state index contributed by atoms with van der Waals surface area (Å²) in [5, 5.41) is 3.38. The number of amides is 2. The van der Waals surface area contributed by atoms with Crippen LogP contribution in [0.1, 0.15) is 5.56 Å². The molecular weight excluding hydrogens is 354 g/mol. The number of carbonyl (C=O) groups excluding carboxylic acids is 2. The van der Waals surface area contributed by atoms with Gasteiger partial charge in [-0.3, -0.25) is 9.59 Å². The molecule has 2 heterocycles. The van der Waals surface area contributed by atoms with E-state index >= 15 is 0 Å². The molecule has 0 fully saturated rings. The Balaban J connectivity index is 1.54. The van der Waals surface area contributed by atoms with E-state index in [4.69, 9.17) is 0 Å². The molecule has 7 heteroatoms. The number of benzene rings is 2. The van der Waals surface area contributed by atoms with Crippen LogP contribution in [-0.2, 0) is 9.59 Å². The first-order valence-corrected chi connectivity index (χ1v) is 9.60. The van der Waals surface area contributed by atoms with Gasteiger partial charge in [0.15, 0.2) is 5.13 Å². The molecule has 0 unspecified atom stereocenters. The lowest BCUT2D eigenvalue weighted by Gasteiger charge is -2.28. The van der Waals surface area contributed by atoms with Crippen molar-refractivity contribution in [3.05, 3.63) is 48.0 Å². The summed E-state index contributed by atoms with van der Waals surface area (Å²) in [5.74, 6) is 0.0516. The van der Waals surface area contributed by atoms with E-state index in [0.29, 0.717) is 10.9 Å². The summed E-state index contributed by atoms with van der Waals surface area (Å²) in [5.41, 5.74) is 2.77. The topological polar surface area (TPSA) is 62.3 Å². The van der Waals surface area contributed by atoms with E-state index in [0.717, 1.165) is 26.4 Å². The van der Waals surface area contributed by atoms with E-state index in [-0.39, 0.29) is 18.4 Å². The van der Waals surface area contributed by atoms with Crippen LogP contribution in [0.3, 0.4) is 0 Å². The number of thiazole rings is 1. The number of hydrogen-bond donors (Lipinski definition) is 1. The van der Waals surface area contributed by atoms with Gasteiger partial charge < -0.3 is 10.2 Å². The van der Waals surface area contributed by atoms with E-state index in [2.05, 4.69) is 10.3 Å². The van der Waals surface area contributed by atoms with E-state index in [1.165, 1.54) is 23.1 Å². The molecule has 0 saturated carbocycles. The predicted octanol–water partition coefficient (Wildman–Crippen LogP) is 3.68. The molecule has 2 aromatic carbocycles. The number of aromatic nitrogens is 1. The van der Waals surface area contributed by atoms with Gasteiger partial charge in [0.2, 0.25) is 11.8 Å². The van der Waals surface area contributed by atoms with Crippen molar-refractivity contribution in [1.29, 1.82) is 0 Å². The third-order valence-electron chi connectivity index (χ3n) is 3.98. The van der Waals surface area contributed by atoms with Crippen LogP contribution in [0, 0.1) is 6.92 Å². The van der Waals surface area contributed by atoms with Crippen molar-refractivity contribution in [3.8, 4) is 0 Å². The molecule has 4 rings (SSSR count). The van der Waals surface area contributed by atoms with Crippen molar-refractivity contribution in [2.75, 3.05) is 22.5 Å². The van der Waals surface area contributed by atoms with Crippen molar-refractivity contribution >= 4 is 55.9 Å². The van der Waals surface area contributed by atoms with Gasteiger partial charge in [0.05, 0.1) is 21.7 Å². The van der Waals surface area contributed by atoms with Crippen LogP contribution >= 0.6 is 23.1 Å². The molecule has 1 aromatic heterocycles. The summed E-state index contributed by atoms with van der Waals surface area (Å²) in [6, 6.07) is 13.6. The summed E-state index contributed by atoms with van der Waals surface area (Å²) < 4.78 is 1.03. The number of para-hydroxylation sites is 2. The van der Waals surface area contributed by atoms with Gasteiger partial charge in [-0.1, -0.05) is 35.6 Å². The summed E-state index contributed by atoms with van der Waals surface area (Å²) >= 11 is 2.94. The Morgan fingerprint density at radius 3 is 2.92 bits per heavy atom. The highest BCUT2D eigenvalue weighted by molar-refractivity contribution is 8.00. The van der Waals surface area contributed by atoms with Crippen molar-refractivity contribution in [1.82, 2.24) is 4.98 Å². The molecule has 0 bridgehead atoms. The molecule has 25 heavy (non-hydrogen) atoms. The van der Waals surface area contributed by atoms with E-state index < -0.39 is 0 Å². The minimum Gasteiger partial charge on any atom is -0.301 e.